The molecule has 1 heterocycles. The Labute approximate surface area is 94.9 Å². The number of aldehydes is 1. The van der Waals surface area contributed by atoms with Crippen LogP contribution in [0.3, 0.4) is 0 Å². The Balaban J connectivity index is 2.73. The first-order valence-corrected chi connectivity index (χ1v) is 6.22. The van der Waals surface area contributed by atoms with Crippen molar-refractivity contribution in [3.8, 4) is 0 Å². The number of halogens is 1. The van der Waals surface area contributed by atoms with Gasteiger partial charge in [0.25, 0.3) is 0 Å². The van der Waals surface area contributed by atoms with E-state index in [0.717, 1.165) is 16.5 Å². The fourth-order valence-electron chi connectivity index (χ4n) is 1.54. The first kappa shape index (κ1) is 9.87. The smallest absolute Gasteiger partial charge is 0.160 e. The molecule has 14 heavy (non-hydrogen) atoms. The summed E-state index contributed by atoms with van der Waals surface area (Å²) in [4.78, 5) is 11.4. The quantitative estimate of drug-likeness (QED) is 0.596. The third-order valence-corrected chi connectivity index (χ3v) is 3.85. The van der Waals surface area contributed by atoms with E-state index in [1.54, 1.807) is 11.3 Å². The summed E-state index contributed by atoms with van der Waals surface area (Å²) < 4.78 is 1.20. The fraction of sp³-hybridized carbons (Fsp3) is 0.182. The van der Waals surface area contributed by atoms with E-state index < -0.39 is 0 Å². The van der Waals surface area contributed by atoms with Gasteiger partial charge in [-0.15, -0.1) is 11.3 Å². The van der Waals surface area contributed by atoms with Crippen LogP contribution in [0, 0.1) is 6.92 Å². The van der Waals surface area contributed by atoms with Crippen LogP contribution in [0.2, 0.25) is 0 Å². The summed E-state index contributed by atoms with van der Waals surface area (Å²) in [5.41, 5.74) is 2.50. The number of carbonyl (C=O) groups excluding carboxylic acids is 1. The van der Waals surface area contributed by atoms with E-state index in [1.807, 2.05) is 6.07 Å². The van der Waals surface area contributed by atoms with Crippen LogP contribution in [-0.2, 0) is 5.33 Å². The monoisotopic (exact) mass is 268 g/mol. The Morgan fingerprint density at radius 3 is 2.86 bits per heavy atom. The van der Waals surface area contributed by atoms with Gasteiger partial charge in [0.05, 0.1) is 4.88 Å². The number of fused-ring (bicyclic) bond motifs is 1. The van der Waals surface area contributed by atoms with Crippen LogP contribution in [0.5, 0.6) is 0 Å². The molecule has 2 aromatic rings. The van der Waals surface area contributed by atoms with Crippen molar-refractivity contribution in [3.05, 3.63) is 34.2 Å². The molecule has 0 aliphatic heterocycles. The summed E-state index contributed by atoms with van der Waals surface area (Å²) in [6.07, 6.45) is 0.915. The topological polar surface area (TPSA) is 17.1 Å². The predicted octanol–water partition coefficient (Wildman–Crippen LogP) is 3.92. The number of carbonyl (C=O) groups is 1. The summed E-state index contributed by atoms with van der Waals surface area (Å²) in [7, 11) is 0. The average molecular weight is 269 g/mol. The second-order valence-corrected chi connectivity index (χ2v) is 4.90. The zero-order valence-electron chi connectivity index (χ0n) is 7.71. The largest absolute Gasteiger partial charge is 0.297 e. The van der Waals surface area contributed by atoms with E-state index in [-0.39, 0.29) is 0 Å². The molecule has 0 amide bonds. The molecule has 3 heteroatoms. The minimum absolute atomic E-state index is 0.801. The highest BCUT2D eigenvalue weighted by Crippen LogP contribution is 2.29. The number of rotatable bonds is 2. The highest BCUT2D eigenvalue weighted by atomic mass is 79.9. The van der Waals surface area contributed by atoms with Crippen molar-refractivity contribution < 1.29 is 4.79 Å². The number of hydrogen-bond donors (Lipinski definition) is 0. The third-order valence-electron chi connectivity index (χ3n) is 2.19. The zero-order chi connectivity index (χ0) is 10.1. The Bertz CT molecular complexity index is 487. The van der Waals surface area contributed by atoms with Gasteiger partial charge in [-0.05, 0) is 35.6 Å². The van der Waals surface area contributed by atoms with Crippen molar-refractivity contribution in [1.82, 2.24) is 0 Å². The van der Waals surface area contributed by atoms with E-state index in [4.69, 9.17) is 0 Å². The SMILES string of the molecule is Cc1cc(CBr)cc2sc(C=O)cc12. The molecule has 1 nitrogen and oxygen atoms in total. The van der Waals surface area contributed by atoms with Crippen molar-refractivity contribution in [2.45, 2.75) is 12.3 Å². The molecular weight excluding hydrogens is 260 g/mol. The van der Waals surface area contributed by atoms with E-state index in [0.29, 0.717) is 0 Å². The van der Waals surface area contributed by atoms with Gasteiger partial charge < -0.3 is 0 Å². The summed E-state index contributed by atoms with van der Waals surface area (Å²) >= 11 is 4.99. The summed E-state index contributed by atoms with van der Waals surface area (Å²) in [6, 6.07) is 6.24. The highest BCUT2D eigenvalue weighted by Gasteiger charge is 2.04. The van der Waals surface area contributed by atoms with E-state index in [9.17, 15) is 4.79 Å². The zero-order valence-corrected chi connectivity index (χ0v) is 10.1. The number of hydrogen-bond acceptors (Lipinski definition) is 2. The lowest BCUT2D eigenvalue weighted by atomic mass is 10.1. The van der Waals surface area contributed by atoms with Crippen LogP contribution >= 0.6 is 27.3 Å². The molecule has 0 N–H and O–H groups in total. The Kier molecular flexibility index (Phi) is 2.70. The summed E-state index contributed by atoms with van der Waals surface area (Å²) in [5.74, 6) is 0. The summed E-state index contributed by atoms with van der Waals surface area (Å²) in [5, 5.41) is 2.06. The number of alkyl halides is 1. The van der Waals surface area contributed by atoms with Crippen LogP contribution in [-0.4, -0.2) is 6.29 Å². The maximum atomic E-state index is 10.6. The molecule has 0 radical (unpaired) electrons. The second-order valence-electron chi connectivity index (χ2n) is 3.22. The first-order chi connectivity index (χ1) is 6.74. The van der Waals surface area contributed by atoms with Crippen molar-refractivity contribution in [3.63, 3.8) is 0 Å². The molecule has 0 saturated heterocycles. The van der Waals surface area contributed by atoms with Gasteiger partial charge in [-0.1, -0.05) is 22.0 Å². The number of benzene rings is 1. The van der Waals surface area contributed by atoms with Gasteiger partial charge in [0.1, 0.15) is 0 Å². The predicted molar refractivity (Wildman–Crippen MR) is 64.6 cm³/mol. The maximum absolute atomic E-state index is 10.6. The minimum atomic E-state index is 0.801. The molecule has 0 spiro atoms. The molecule has 1 aromatic carbocycles. The summed E-state index contributed by atoms with van der Waals surface area (Å²) in [6.45, 7) is 2.08. The van der Waals surface area contributed by atoms with Gasteiger partial charge in [0.15, 0.2) is 6.29 Å². The van der Waals surface area contributed by atoms with Crippen LogP contribution in [0.4, 0.5) is 0 Å². The Hall–Kier alpha value is -0.670. The van der Waals surface area contributed by atoms with Gasteiger partial charge in [-0.2, -0.15) is 0 Å². The standard InChI is InChI=1S/C11H9BrOS/c1-7-2-8(5-12)3-11-10(7)4-9(6-13)14-11/h2-4,6H,5H2,1H3. The van der Waals surface area contributed by atoms with E-state index >= 15 is 0 Å². The highest BCUT2D eigenvalue weighted by molar-refractivity contribution is 9.08. The van der Waals surface area contributed by atoms with Crippen molar-refractivity contribution in [2.75, 3.05) is 0 Å². The lowest BCUT2D eigenvalue weighted by Crippen LogP contribution is -1.79. The maximum Gasteiger partial charge on any atom is 0.160 e. The van der Waals surface area contributed by atoms with Crippen molar-refractivity contribution in [1.29, 1.82) is 0 Å². The van der Waals surface area contributed by atoms with Gasteiger partial charge in [0.2, 0.25) is 0 Å². The van der Waals surface area contributed by atoms with Gasteiger partial charge in [0, 0.05) is 10.0 Å². The lowest BCUT2D eigenvalue weighted by Gasteiger charge is -1.99. The van der Waals surface area contributed by atoms with Crippen LogP contribution in [0.1, 0.15) is 20.8 Å². The third kappa shape index (κ3) is 1.62. The molecule has 0 atom stereocenters. The molecule has 0 fully saturated rings. The van der Waals surface area contributed by atoms with Gasteiger partial charge in [-0.25, -0.2) is 0 Å². The van der Waals surface area contributed by atoms with Gasteiger partial charge >= 0.3 is 0 Å². The second kappa shape index (κ2) is 3.83. The molecule has 0 saturated carbocycles. The van der Waals surface area contributed by atoms with E-state index in [2.05, 4.69) is 35.0 Å². The molecule has 1 aromatic heterocycles. The normalized spacial score (nSPS) is 10.7. The van der Waals surface area contributed by atoms with Crippen molar-refractivity contribution >= 4 is 43.6 Å². The van der Waals surface area contributed by atoms with Gasteiger partial charge in [-0.3, -0.25) is 4.79 Å². The van der Waals surface area contributed by atoms with Crippen LogP contribution in [0.15, 0.2) is 18.2 Å². The first-order valence-electron chi connectivity index (χ1n) is 4.29. The average Bonchev–Trinajstić information content (AvgIpc) is 2.61. The minimum Gasteiger partial charge on any atom is -0.297 e. The molecular formula is C11H9BrOS. The molecule has 72 valence electrons. The van der Waals surface area contributed by atoms with Crippen molar-refractivity contribution in [2.24, 2.45) is 0 Å². The number of aryl methyl sites for hydroxylation is 1. The van der Waals surface area contributed by atoms with Crippen LogP contribution < -0.4 is 0 Å². The molecule has 0 aliphatic rings. The fourth-order valence-corrected chi connectivity index (χ4v) is 2.88. The lowest BCUT2D eigenvalue weighted by molar-refractivity contribution is 0.112. The molecule has 0 unspecified atom stereocenters. The number of thiophene rings is 1. The molecule has 2 rings (SSSR count). The van der Waals surface area contributed by atoms with Crippen LogP contribution in [0.25, 0.3) is 10.1 Å². The van der Waals surface area contributed by atoms with E-state index in [1.165, 1.54) is 21.2 Å². The Morgan fingerprint density at radius 2 is 2.21 bits per heavy atom. The molecule has 0 aliphatic carbocycles. The Morgan fingerprint density at radius 1 is 1.43 bits per heavy atom. The molecule has 0 bridgehead atoms.